The SMILES string of the molecule is CCCc1cc(CCC)c(N=C(C)c2cccc(C(C)=Nc3c(CCC)cc(CCC)cc3CCC)n2)c(CCC)c1.[Cl-].[Cl-].[Fe+2]. The van der Waals surface area contributed by atoms with E-state index >= 15 is 0 Å². The molecule has 0 saturated heterocycles. The zero-order valence-corrected chi connectivity index (χ0v) is 31.6. The molecule has 0 N–H and O–H groups in total. The fourth-order valence-corrected chi connectivity index (χ4v) is 5.94. The number of hydrogen-bond acceptors (Lipinski definition) is 3. The zero-order chi connectivity index (χ0) is 30.5. The summed E-state index contributed by atoms with van der Waals surface area (Å²) >= 11 is 0. The third-order valence-corrected chi connectivity index (χ3v) is 7.86. The van der Waals surface area contributed by atoms with Crippen LogP contribution in [0.25, 0.3) is 0 Å². The van der Waals surface area contributed by atoms with E-state index in [-0.39, 0.29) is 41.9 Å². The van der Waals surface area contributed by atoms with Crippen LogP contribution in [0.5, 0.6) is 0 Å². The molecule has 6 heteroatoms. The van der Waals surface area contributed by atoms with E-state index < -0.39 is 0 Å². The van der Waals surface area contributed by atoms with Gasteiger partial charge in [0.2, 0.25) is 0 Å². The van der Waals surface area contributed by atoms with Gasteiger partial charge in [-0.1, -0.05) is 110 Å². The normalized spacial score (nSPS) is 11.5. The van der Waals surface area contributed by atoms with Crippen molar-refractivity contribution in [3.63, 3.8) is 0 Å². The molecule has 0 bridgehead atoms. The van der Waals surface area contributed by atoms with Crippen molar-refractivity contribution in [1.82, 2.24) is 4.98 Å². The molecule has 0 aliphatic heterocycles. The summed E-state index contributed by atoms with van der Waals surface area (Å²) in [4.78, 5) is 15.6. The molecule has 0 amide bonds. The summed E-state index contributed by atoms with van der Waals surface area (Å²) in [7, 11) is 0. The maximum absolute atomic E-state index is 5.27. The maximum atomic E-state index is 5.27. The van der Waals surface area contributed by atoms with Gasteiger partial charge in [-0.25, -0.2) is 4.98 Å². The number of halogens is 2. The van der Waals surface area contributed by atoms with E-state index in [2.05, 4.69) is 97.9 Å². The fourth-order valence-electron chi connectivity index (χ4n) is 5.94. The molecule has 3 rings (SSSR count). The molecule has 0 saturated carbocycles. The Hall–Kier alpha value is -1.97. The quantitative estimate of drug-likeness (QED) is 0.153. The standard InChI is InChI=1S/C39H55N3.2ClH.Fe/c1-9-16-30-24-32(18-11-3)38(33(25-30)19-12-4)40-28(7)36-22-15-23-37(42-36)29(8)41-39-34(20-13-5)26-31(17-10-2)27-35(39)21-14-6;;;/h15,22-27H,9-14,16-21H2,1-8H3;2*1H;/q;;;+2/p-2. The van der Waals surface area contributed by atoms with E-state index in [1.807, 2.05) is 0 Å². The van der Waals surface area contributed by atoms with Gasteiger partial charge in [-0.05, 0) is 97.9 Å². The Morgan fingerprint density at radius 1 is 0.511 bits per heavy atom. The van der Waals surface area contributed by atoms with Crippen LogP contribution in [0, 0.1) is 0 Å². The second kappa shape index (κ2) is 22.5. The van der Waals surface area contributed by atoms with Crippen molar-refractivity contribution in [3.05, 3.63) is 87.2 Å². The molecule has 1 heterocycles. The van der Waals surface area contributed by atoms with Gasteiger partial charge in [0.1, 0.15) is 0 Å². The zero-order valence-electron chi connectivity index (χ0n) is 29.0. The Morgan fingerprint density at radius 2 is 0.800 bits per heavy atom. The molecule has 0 spiro atoms. The van der Waals surface area contributed by atoms with E-state index in [1.165, 1.54) is 46.2 Å². The Kier molecular flexibility index (Phi) is 21.6. The second-order valence-electron chi connectivity index (χ2n) is 11.8. The topological polar surface area (TPSA) is 37.6 Å². The number of benzene rings is 2. The van der Waals surface area contributed by atoms with Crippen LogP contribution in [-0.2, 0) is 55.6 Å². The van der Waals surface area contributed by atoms with Crippen LogP contribution in [0.2, 0.25) is 0 Å². The Morgan fingerprint density at radius 3 is 1.07 bits per heavy atom. The van der Waals surface area contributed by atoms with Gasteiger partial charge in [0.25, 0.3) is 0 Å². The summed E-state index contributed by atoms with van der Waals surface area (Å²) in [5.41, 5.74) is 14.5. The molecular formula is C39H55Cl2FeN3. The minimum absolute atomic E-state index is 0. The number of nitrogens with zero attached hydrogens (tertiary/aromatic N) is 3. The number of rotatable bonds is 16. The molecule has 0 aliphatic carbocycles. The summed E-state index contributed by atoms with van der Waals surface area (Å²) in [5.74, 6) is 0. The van der Waals surface area contributed by atoms with Gasteiger partial charge in [-0.2, -0.15) is 0 Å². The van der Waals surface area contributed by atoms with E-state index in [0.717, 1.165) is 98.4 Å². The van der Waals surface area contributed by atoms with Gasteiger partial charge in [0, 0.05) is 0 Å². The minimum atomic E-state index is 0. The average Bonchev–Trinajstić information content (AvgIpc) is 2.97. The summed E-state index contributed by atoms with van der Waals surface area (Å²) in [6.45, 7) is 17.8. The van der Waals surface area contributed by atoms with Gasteiger partial charge < -0.3 is 24.8 Å². The molecule has 248 valence electrons. The molecule has 0 fully saturated rings. The number of aromatic nitrogens is 1. The van der Waals surface area contributed by atoms with Gasteiger partial charge in [0.05, 0.1) is 34.2 Å². The smallest absolute Gasteiger partial charge is 1.00 e. The van der Waals surface area contributed by atoms with Crippen molar-refractivity contribution in [3.8, 4) is 0 Å². The van der Waals surface area contributed by atoms with Gasteiger partial charge >= 0.3 is 17.1 Å². The third kappa shape index (κ3) is 12.3. The molecular weight excluding hydrogens is 637 g/mol. The summed E-state index contributed by atoms with van der Waals surface area (Å²) in [5, 5.41) is 0. The molecule has 3 aromatic rings. The summed E-state index contributed by atoms with van der Waals surface area (Å²) < 4.78 is 0. The van der Waals surface area contributed by atoms with E-state index in [9.17, 15) is 0 Å². The van der Waals surface area contributed by atoms with Crippen molar-refractivity contribution in [2.24, 2.45) is 9.98 Å². The van der Waals surface area contributed by atoms with E-state index in [0.29, 0.717) is 0 Å². The van der Waals surface area contributed by atoms with Crippen LogP contribution in [-0.4, -0.2) is 16.4 Å². The van der Waals surface area contributed by atoms with Crippen molar-refractivity contribution < 1.29 is 41.9 Å². The van der Waals surface area contributed by atoms with Crippen LogP contribution >= 0.6 is 0 Å². The molecule has 0 aliphatic rings. The summed E-state index contributed by atoms with van der Waals surface area (Å²) in [6.07, 6.45) is 13.3. The van der Waals surface area contributed by atoms with E-state index in [4.69, 9.17) is 15.0 Å². The van der Waals surface area contributed by atoms with Crippen LogP contribution in [0.4, 0.5) is 11.4 Å². The number of pyridine rings is 1. The van der Waals surface area contributed by atoms with Crippen LogP contribution < -0.4 is 24.8 Å². The fraction of sp³-hybridized carbons (Fsp3) is 0.513. The van der Waals surface area contributed by atoms with Gasteiger partial charge in [-0.3, -0.25) is 9.98 Å². The number of aryl methyl sites for hydroxylation is 6. The molecule has 45 heavy (non-hydrogen) atoms. The predicted octanol–water partition coefficient (Wildman–Crippen LogP) is 5.08. The predicted molar refractivity (Wildman–Crippen MR) is 185 cm³/mol. The molecule has 0 radical (unpaired) electrons. The molecule has 0 atom stereocenters. The van der Waals surface area contributed by atoms with Gasteiger partial charge in [0.15, 0.2) is 0 Å². The Balaban J connectivity index is 0.00000645. The molecule has 2 aromatic carbocycles. The Bertz CT molecular complexity index is 1230. The molecule has 3 nitrogen and oxygen atoms in total. The molecule has 0 unspecified atom stereocenters. The van der Waals surface area contributed by atoms with Crippen LogP contribution in [0.1, 0.15) is 139 Å². The minimum Gasteiger partial charge on any atom is -1.00 e. The largest absolute Gasteiger partial charge is 2.00 e. The first-order valence-electron chi connectivity index (χ1n) is 16.8. The van der Waals surface area contributed by atoms with Crippen molar-refractivity contribution in [2.45, 2.75) is 132 Å². The van der Waals surface area contributed by atoms with E-state index in [1.54, 1.807) is 0 Å². The van der Waals surface area contributed by atoms with Crippen molar-refractivity contribution in [1.29, 1.82) is 0 Å². The third-order valence-electron chi connectivity index (χ3n) is 7.86. The second-order valence-corrected chi connectivity index (χ2v) is 11.8. The average molecular weight is 693 g/mol. The summed E-state index contributed by atoms with van der Waals surface area (Å²) in [6, 6.07) is 15.9. The van der Waals surface area contributed by atoms with Crippen LogP contribution in [0.15, 0.2) is 52.4 Å². The number of aliphatic imine (C=N–C) groups is 2. The van der Waals surface area contributed by atoms with Crippen molar-refractivity contribution >= 4 is 22.8 Å². The van der Waals surface area contributed by atoms with Crippen LogP contribution in [0.3, 0.4) is 0 Å². The maximum Gasteiger partial charge on any atom is 2.00 e. The van der Waals surface area contributed by atoms with Gasteiger partial charge in [-0.15, -0.1) is 0 Å². The first-order valence-corrected chi connectivity index (χ1v) is 16.8. The first kappa shape index (κ1) is 43.0. The first-order chi connectivity index (χ1) is 20.4. The molecule has 1 aromatic heterocycles. The van der Waals surface area contributed by atoms with Crippen molar-refractivity contribution in [2.75, 3.05) is 0 Å². The monoisotopic (exact) mass is 691 g/mol. The number of hydrogen-bond donors (Lipinski definition) is 0. The Labute approximate surface area is 297 Å².